The van der Waals surface area contributed by atoms with Crippen LogP contribution in [0, 0.1) is 0 Å². The highest BCUT2D eigenvalue weighted by atomic mass is 79.9. The fourth-order valence-electron chi connectivity index (χ4n) is 1.90. The van der Waals surface area contributed by atoms with Gasteiger partial charge in [-0.3, -0.25) is 0 Å². The van der Waals surface area contributed by atoms with Gasteiger partial charge in [0.1, 0.15) is 0 Å². The summed E-state index contributed by atoms with van der Waals surface area (Å²) >= 11 is 3.21. The quantitative estimate of drug-likeness (QED) is 0.897. The van der Waals surface area contributed by atoms with Crippen LogP contribution in [0.4, 0.5) is 4.79 Å². The lowest BCUT2D eigenvalue weighted by Gasteiger charge is -2.37. The molecule has 7 heteroatoms. The molecule has 0 saturated carbocycles. The molecule has 18 heavy (non-hydrogen) atoms. The van der Waals surface area contributed by atoms with E-state index in [9.17, 15) is 13.2 Å². The SMILES string of the molecule is CS(=O)(=O)c1cc(C2CN(C(=O)O)C2)ccc1Br. The topological polar surface area (TPSA) is 74.7 Å². The van der Waals surface area contributed by atoms with Gasteiger partial charge in [-0.05, 0) is 33.6 Å². The molecule has 1 saturated heterocycles. The second-order valence-corrected chi connectivity index (χ2v) is 7.18. The van der Waals surface area contributed by atoms with Crippen LogP contribution in [0.1, 0.15) is 11.5 Å². The molecule has 1 heterocycles. The van der Waals surface area contributed by atoms with Gasteiger partial charge in [0.05, 0.1) is 4.90 Å². The molecule has 0 aromatic heterocycles. The molecule has 0 atom stereocenters. The number of carboxylic acid groups (broad SMARTS) is 1. The van der Waals surface area contributed by atoms with E-state index in [0.29, 0.717) is 17.6 Å². The maximum atomic E-state index is 11.6. The third-order valence-corrected chi connectivity index (χ3v) is 5.07. The van der Waals surface area contributed by atoms with E-state index in [1.54, 1.807) is 12.1 Å². The predicted octanol–water partition coefficient (Wildman–Crippen LogP) is 1.93. The number of sulfone groups is 1. The van der Waals surface area contributed by atoms with Gasteiger partial charge in [0.25, 0.3) is 0 Å². The maximum Gasteiger partial charge on any atom is 0.407 e. The molecule has 1 aliphatic rings. The maximum absolute atomic E-state index is 11.6. The van der Waals surface area contributed by atoms with Gasteiger partial charge in [-0.1, -0.05) is 6.07 Å². The molecule has 0 unspecified atom stereocenters. The summed E-state index contributed by atoms with van der Waals surface area (Å²) in [4.78, 5) is 12.2. The zero-order chi connectivity index (χ0) is 13.5. The smallest absolute Gasteiger partial charge is 0.407 e. The second-order valence-electron chi connectivity index (χ2n) is 4.35. The number of halogens is 1. The first-order valence-corrected chi connectivity index (χ1v) is 7.95. The summed E-state index contributed by atoms with van der Waals surface area (Å²) < 4.78 is 23.7. The van der Waals surface area contributed by atoms with Crippen LogP contribution in [0.3, 0.4) is 0 Å². The standard InChI is InChI=1S/C11H12BrNO4S/c1-18(16,17)10-4-7(2-3-9(10)12)8-5-13(6-8)11(14)15/h2-4,8H,5-6H2,1H3,(H,14,15). The van der Waals surface area contributed by atoms with Crippen LogP contribution in [-0.4, -0.2) is 43.9 Å². The fraction of sp³-hybridized carbons (Fsp3) is 0.364. The fourth-order valence-corrected chi connectivity index (χ4v) is 3.80. The monoisotopic (exact) mass is 333 g/mol. The second kappa shape index (κ2) is 4.55. The van der Waals surface area contributed by atoms with Crippen molar-refractivity contribution in [3.63, 3.8) is 0 Å². The van der Waals surface area contributed by atoms with Crippen LogP contribution >= 0.6 is 15.9 Å². The van der Waals surface area contributed by atoms with Crippen molar-refractivity contribution >= 4 is 31.9 Å². The van der Waals surface area contributed by atoms with Crippen LogP contribution in [0.25, 0.3) is 0 Å². The zero-order valence-corrected chi connectivity index (χ0v) is 12.0. The summed E-state index contributed by atoms with van der Waals surface area (Å²) in [6.45, 7) is 0.834. The van der Waals surface area contributed by atoms with Gasteiger partial charge < -0.3 is 10.0 Å². The van der Waals surface area contributed by atoms with E-state index in [1.807, 2.05) is 6.07 Å². The molecule has 5 nitrogen and oxygen atoms in total. The number of nitrogens with zero attached hydrogens (tertiary/aromatic N) is 1. The minimum Gasteiger partial charge on any atom is -0.465 e. The number of carbonyl (C=O) groups is 1. The Kier molecular flexibility index (Phi) is 3.37. The Morgan fingerprint density at radius 2 is 2.06 bits per heavy atom. The molecule has 1 aromatic rings. The Balaban J connectivity index is 2.25. The van der Waals surface area contributed by atoms with Gasteiger partial charge in [-0.15, -0.1) is 0 Å². The molecule has 0 aliphatic carbocycles. The van der Waals surface area contributed by atoms with E-state index in [2.05, 4.69) is 15.9 Å². The van der Waals surface area contributed by atoms with E-state index in [0.717, 1.165) is 11.8 Å². The van der Waals surface area contributed by atoms with Crippen molar-refractivity contribution in [1.29, 1.82) is 0 Å². The van der Waals surface area contributed by atoms with Gasteiger partial charge >= 0.3 is 6.09 Å². The largest absolute Gasteiger partial charge is 0.465 e. The molecule has 0 spiro atoms. The van der Waals surface area contributed by atoms with Gasteiger partial charge in [-0.2, -0.15) is 0 Å². The van der Waals surface area contributed by atoms with E-state index in [-0.39, 0.29) is 10.8 Å². The van der Waals surface area contributed by atoms with Crippen LogP contribution in [0.15, 0.2) is 27.6 Å². The molecule has 1 amide bonds. The van der Waals surface area contributed by atoms with Crippen molar-refractivity contribution < 1.29 is 18.3 Å². The summed E-state index contributed by atoms with van der Waals surface area (Å²) in [5, 5.41) is 8.75. The summed E-state index contributed by atoms with van der Waals surface area (Å²) in [5.41, 5.74) is 0.858. The van der Waals surface area contributed by atoms with E-state index < -0.39 is 15.9 Å². The molecule has 1 fully saturated rings. The van der Waals surface area contributed by atoms with E-state index in [1.165, 1.54) is 4.90 Å². The number of hydrogen-bond donors (Lipinski definition) is 1. The summed E-state index contributed by atoms with van der Waals surface area (Å²) in [6, 6.07) is 5.13. The number of hydrogen-bond acceptors (Lipinski definition) is 3. The van der Waals surface area contributed by atoms with Crippen LogP contribution < -0.4 is 0 Å². The molecule has 1 N–H and O–H groups in total. The Morgan fingerprint density at radius 1 is 1.44 bits per heavy atom. The predicted molar refractivity (Wildman–Crippen MR) is 69.6 cm³/mol. The normalized spacial score (nSPS) is 16.4. The van der Waals surface area contributed by atoms with E-state index in [4.69, 9.17) is 5.11 Å². The summed E-state index contributed by atoms with van der Waals surface area (Å²) in [7, 11) is -3.28. The number of amides is 1. The van der Waals surface area contributed by atoms with Crippen molar-refractivity contribution in [1.82, 2.24) is 4.90 Å². The molecule has 0 radical (unpaired) electrons. The molecular formula is C11H12BrNO4S. The Labute approximate surface area is 113 Å². The number of benzene rings is 1. The first kappa shape index (κ1) is 13.4. The summed E-state index contributed by atoms with van der Waals surface area (Å²) in [5.74, 6) is 0.0784. The number of likely N-dealkylation sites (tertiary alicyclic amines) is 1. The Bertz CT molecular complexity index is 593. The molecule has 1 aliphatic heterocycles. The molecule has 2 rings (SSSR count). The lowest BCUT2D eigenvalue weighted by Crippen LogP contribution is -2.47. The first-order chi connectivity index (χ1) is 8.29. The highest BCUT2D eigenvalue weighted by Crippen LogP contribution is 2.31. The zero-order valence-electron chi connectivity index (χ0n) is 9.63. The number of rotatable bonds is 2. The van der Waals surface area contributed by atoms with Crippen LogP contribution in [0.2, 0.25) is 0 Å². The van der Waals surface area contributed by atoms with Crippen LogP contribution in [-0.2, 0) is 9.84 Å². The molecule has 1 aromatic carbocycles. The molecule has 98 valence electrons. The highest BCUT2D eigenvalue weighted by Gasteiger charge is 2.32. The van der Waals surface area contributed by atoms with Crippen molar-refractivity contribution in [3.8, 4) is 0 Å². The average molecular weight is 334 g/mol. The van der Waals surface area contributed by atoms with Gasteiger partial charge in [0, 0.05) is 29.7 Å². The minimum atomic E-state index is -3.28. The lowest BCUT2D eigenvalue weighted by atomic mass is 9.92. The summed E-state index contributed by atoms with van der Waals surface area (Å²) in [6.07, 6.45) is 0.216. The van der Waals surface area contributed by atoms with Crippen molar-refractivity contribution in [2.24, 2.45) is 0 Å². The van der Waals surface area contributed by atoms with Crippen molar-refractivity contribution in [3.05, 3.63) is 28.2 Å². The highest BCUT2D eigenvalue weighted by molar-refractivity contribution is 9.10. The lowest BCUT2D eigenvalue weighted by molar-refractivity contribution is 0.105. The third-order valence-electron chi connectivity index (χ3n) is 2.98. The Hall–Kier alpha value is -1.08. The molecule has 0 bridgehead atoms. The first-order valence-electron chi connectivity index (χ1n) is 5.26. The van der Waals surface area contributed by atoms with Gasteiger partial charge in [-0.25, -0.2) is 13.2 Å². The average Bonchev–Trinajstić information content (AvgIpc) is 2.15. The van der Waals surface area contributed by atoms with E-state index >= 15 is 0 Å². The van der Waals surface area contributed by atoms with Crippen molar-refractivity contribution in [2.75, 3.05) is 19.3 Å². The molecular weight excluding hydrogens is 322 g/mol. The van der Waals surface area contributed by atoms with Gasteiger partial charge in [0.2, 0.25) is 0 Å². The minimum absolute atomic E-state index is 0.0784. The van der Waals surface area contributed by atoms with Crippen LogP contribution in [0.5, 0.6) is 0 Å². The third kappa shape index (κ3) is 2.51. The Morgan fingerprint density at radius 3 is 2.56 bits per heavy atom. The van der Waals surface area contributed by atoms with Gasteiger partial charge in [0.15, 0.2) is 9.84 Å². The van der Waals surface area contributed by atoms with Crippen molar-refractivity contribution in [2.45, 2.75) is 10.8 Å².